The van der Waals surface area contributed by atoms with Crippen LogP contribution in [0.2, 0.25) is 18.1 Å². The Kier molecular flexibility index (Phi) is 4.38. The third kappa shape index (κ3) is 4.04. The van der Waals surface area contributed by atoms with Gasteiger partial charge in [0.05, 0.1) is 18.8 Å². The molecule has 94 valence electrons. The van der Waals surface area contributed by atoms with Crippen LogP contribution in [-0.2, 0) is 9.16 Å². The SMILES string of the molecule is C=CC[C@@H](C[C@@H]1CO1)O[Si](C)(C)C(C)(C)C. The Hall–Kier alpha value is -0.123. The van der Waals surface area contributed by atoms with Gasteiger partial charge in [-0.3, -0.25) is 0 Å². The Morgan fingerprint density at radius 3 is 2.44 bits per heavy atom. The van der Waals surface area contributed by atoms with Gasteiger partial charge in [0.15, 0.2) is 8.32 Å². The van der Waals surface area contributed by atoms with Crippen molar-refractivity contribution in [3.63, 3.8) is 0 Å². The summed E-state index contributed by atoms with van der Waals surface area (Å²) in [7, 11) is -1.65. The smallest absolute Gasteiger partial charge is 0.192 e. The summed E-state index contributed by atoms with van der Waals surface area (Å²) in [5, 5.41) is 0.275. The summed E-state index contributed by atoms with van der Waals surface area (Å²) >= 11 is 0. The van der Waals surface area contributed by atoms with E-state index >= 15 is 0 Å². The first kappa shape index (κ1) is 13.9. The molecule has 0 unspecified atom stereocenters. The highest BCUT2D eigenvalue weighted by Crippen LogP contribution is 2.38. The minimum atomic E-state index is -1.65. The van der Waals surface area contributed by atoms with E-state index in [-0.39, 0.29) is 5.04 Å². The molecule has 0 aromatic heterocycles. The first-order valence-electron chi connectivity index (χ1n) is 6.16. The molecule has 1 aliphatic heterocycles. The number of hydrogen-bond donors (Lipinski definition) is 0. The van der Waals surface area contributed by atoms with Gasteiger partial charge in [-0.2, -0.15) is 0 Å². The number of epoxide rings is 1. The molecule has 0 amide bonds. The van der Waals surface area contributed by atoms with Gasteiger partial charge in [0.2, 0.25) is 0 Å². The maximum Gasteiger partial charge on any atom is 0.192 e. The highest BCUT2D eigenvalue weighted by atomic mass is 28.4. The second-order valence-corrected chi connectivity index (χ2v) is 11.0. The number of ether oxygens (including phenoxy) is 1. The topological polar surface area (TPSA) is 21.8 Å². The molecule has 0 spiro atoms. The summed E-state index contributed by atoms with van der Waals surface area (Å²) in [4.78, 5) is 0. The van der Waals surface area contributed by atoms with E-state index in [1.807, 2.05) is 6.08 Å². The predicted octanol–water partition coefficient (Wildman–Crippen LogP) is 3.74. The van der Waals surface area contributed by atoms with Crippen molar-refractivity contribution in [1.82, 2.24) is 0 Å². The van der Waals surface area contributed by atoms with Crippen molar-refractivity contribution in [3.8, 4) is 0 Å². The predicted molar refractivity (Wildman–Crippen MR) is 71.2 cm³/mol. The standard InChI is InChI=1S/C13H26O2Si/c1-7-8-11(9-12-10-14-12)15-16(5,6)13(2,3)4/h7,11-12H,1,8-10H2,2-6H3/t11-,12+/m0/s1. The van der Waals surface area contributed by atoms with Crippen LogP contribution >= 0.6 is 0 Å². The molecule has 2 atom stereocenters. The van der Waals surface area contributed by atoms with Gasteiger partial charge in [0, 0.05) is 6.42 Å². The first-order chi connectivity index (χ1) is 7.26. The molecule has 0 aromatic carbocycles. The average Bonchev–Trinajstić information content (AvgIpc) is 2.85. The minimum absolute atomic E-state index is 0.275. The molecule has 0 N–H and O–H groups in total. The molecule has 2 nitrogen and oxygen atoms in total. The molecule has 1 rings (SSSR count). The molecule has 0 saturated carbocycles. The van der Waals surface area contributed by atoms with Gasteiger partial charge in [-0.1, -0.05) is 26.8 Å². The summed E-state index contributed by atoms with van der Waals surface area (Å²) in [5.74, 6) is 0. The van der Waals surface area contributed by atoms with Crippen molar-refractivity contribution in [2.45, 2.75) is 64.0 Å². The zero-order valence-corrected chi connectivity index (χ0v) is 12.4. The summed E-state index contributed by atoms with van der Waals surface area (Å²) in [6.07, 6.45) is 4.66. The van der Waals surface area contributed by atoms with Crippen molar-refractivity contribution < 1.29 is 9.16 Å². The highest BCUT2D eigenvalue weighted by Gasteiger charge is 2.40. The fraction of sp³-hybridized carbons (Fsp3) is 0.846. The Bertz CT molecular complexity index is 239. The van der Waals surface area contributed by atoms with Gasteiger partial charge in [0.1, 0.15) is 0 Å². The largest absolute Gasteiger partial charge is 0.414 e. The average molecular weight is 242 g/mol. The maximum atomic E-state index is 6.38. The lowest BCUT2D eigenvalue weighted by Crippen LogP contribution is -2.44. The molecular formula is C13H26O2Si. The summed E-state index contributed by atoms with van der Waals surface area (Å²) < 4.78 is 11.7. The van der Waals surface area contributed by atoms with Gasteiger partial charge in [-0.15, -0.1) is 6.58 Å². The van der Waals surface area contributed by atoms with Gasteiger partial charge >= 0.3 is 0 Å². The zero-order chi connectivity index (χ0) is 12.4. The second-order valence-electron chi connectivity index (χ2n) is 6.22. The fourth-order valence-electron chi connectivity index (χ4n) is 1.47. The Labute approximate surface area is 101 Å². The van der Waals surface area contributed by atoms with E-state index in [9.17, 15) is 0 Å². The lowest BCUT2D eigenvalue weighted by molar-refractivity contribution is 0.161. The Morgan fingerprint density at radius 2 is 2.06 bits per heavy atom. The molecule has 1 heterocycles. The molecule has 1 aliphatic rings. The lowest BCUT2D eigenvalue weighted by atomic mass is 10.1. The van der Waals surface area contributed by atoms with Crippen LogP contribution in [0, 0.1) is 0 Å². The minimum Gasteiger partial charge on any atom is -0.414 e. The summed E-state index contributed by atoms with van der Waals surface area (Å²) in [6, 6.07) is 0. The molecule has 0 aliphatic carbocycles. The maximum absolute atomic E-state index is 6.38. The van der Waals surface area contributed by atoms with Crippen molar-refractivity contribution >= 4 is 8.32 Å². The van der Waals surface area contributed by atoms with E-state index in [1.165, 1.54) is 0 Å². The molecule has 0 radical (unpaired) electrons. The van der Waals surface area contributed by atoms with Gasteiger partial charge < -0.3 is 9.16 Å². The summed E-state index contributed by atoms with van der Waals surface area (Å²) in [5.41, 5.74) is 0. The van der Waals surface area contributed by atoms with Crippen molar-refractivity contribution in [2.24, 2.45) is 0 Å². The molecule has 16 heavy (non-hydrogen) atoms. The van der Waals surface area contributed by atoms with Crippen LogP contribution in [0.3, 0.4) is 0 Å². The van der Waals surface area contributed by atoms with E-state index < -0.39 is 8.32 Å². The fourth-order valence-corrected chi connectivity index (χ4v) is 2.85. The van der Waals surface area contributed by atoms with Crippen LogP contribution < -0.4 is 0 Å². The van der Waals surface area contributed by atoms with Crippen LogP contribution in [0.15, 0.2) is 12.7 Å². The molecule has 1 saturated heterocycles. The number of rotatable bonds is 6. The Balaban J connectivity index is 2.54. The Morgan fingerprint density at radius 1 is 1.50 bits per heavy atom. The first-order valence-corrected chi connectivity index (χ1v) is 9.07. The molecule has 0 bridgehead atoms. The summed E-state index contributed by atoms with van der Waals surface area (Å²) in [6.45, 7) is 16.2. The zero-order valence-electron chi connectivity index (χ0n) is 11.4. The van der Waals surface area contributed by atoms with Crippen molar-refractivity contribution in [3.05, 3.63) is 12.7 Å². The van der Waals surface area contributed by atoms with E-state index in [1.54, 1.807) is 0 Å². The van der Waals surface area contributed by atoms with Crippen LogP contribution in [0.4, 0.5) is 0 Å². The van der Waals surface area contributed by atoms with Crippen LogP contribution in [0.25, 0.3) is 0 Å². The normalized spacial score (nSPS) is 22.9. The van der Waals surface area contributed by atoms with Crippen molar-refractivity contribution in [2.75, 3.05) is 6.61 Å². The third-order valence-corrected chi connectivity index (χ3v) is 8.16. The quantitative estimate of drug-likeness (QED) is 0.402. The van der Waals surface area contributed by atoms with E-state index in [2.05, 4.69) is 40.4 Å². The van der Waals surface area contributed by atoms with Gasteiger partial charge in [-0.25, -0.2) is 0 Å². The molecule has 0 aromatic rings. The second kappa shape index (κ2) is 5.03. The van der Waals surface area contributed by atoms with E-state index in [4.69, 9.17) is 9.16 Å². The van der Waals surface area contributed by atoms with Crippen LogP contribution in [-0.4, -0.2) is 27.1 Å². The van der Waals surface area contributed by atoms with E-state index in [0.717, 1.165) is 19.4 Å². The van der Waals surface area contributed by atoms with Gasteiger partial charge in [0.25, 0.3) is 0 Å². The van der Waals surface area contributed by atoms with Crippen LogP contribution in [0.1, 0.15) is 33.6 Å². The molecular weight excluding hydrogens is 216 g/mol. The van der Waals surface area contributed by atoms with E-state index in [0.29, 0.717) is 12.2 Å². The number of hydrogen-bond acceptors (Lipinski definition) is 2. The third-order valence-electron chi connectivity index (χ3n) is 3.63. The highest BCUT2D eigenvalue weighted by molar-refractivity contribution is 6.74. The molecule has 1 fully saturated rings. The lowest BCUT2D eigenvalue weighted by Gasteiger charge is -2.39. The van der Waals surface area contributed by atoms with Crippen LogP contribution in [0.5, 0.6) is 0 Å². The van der Waals surface area contributed by atoms with Crippen molar-refractivity contribution in [1.29, 1.82) is 0 Å². The monoisotopic (exact) mass is 242 g/mol. The molecule has 3 heteroatoms. The van der Waals surface area contributed by atoms with Gasteiger partial charge in [-0.05, 0) is 24.6 Å².